The molecule has 2 aromatic carbocycles. The van der Waals surface area contributed by atoms with Gasteiger partial charge in [0.2, 0.25) is 15.9 Å². The molecule has 0 aliphatic carbocycles. The second-order valence-electron chi connectivity index (χ2n) is 7.61. The first-order valence-corrected chi connectivity index (χ1v) is 11.3. The molecule has 164 valence electrons. The van der Waals surface area contributed by atoms with Crippen LogP contribution < -0.4 is 0 Å². The van der Waals surface area contributed by atoms with Gasteiger partial charge in [-0.25, -0.2) is 17.2 Å². The van der Waals surface area contributed by atoms with Crippen LogP contribution in [0.15, 0.2) is 47.4 Å². The molecule has 3 rings (SSSR count). The topological polar surface area (TPSA) is 81.5 Å². The van der Waals surface area contributed by atoms with E-state index in [1.165, 1.54) is 39.5 Å². The number of sulfonamides is 1. The number of nitriles is 1. The Morgan fingerprint density at radius 3 is 2.29 bits per heavy atom. The van der Waals surface area contributed by atoms with E-state index < -0.39 is 27.7 Å². The number of nitrogens with zero attached hydrogens (tertiary/aromatic N) is 3. The van der Waals surface area contributed by atoms with Crippen molar-refractivity contribution in [3.63, 3.8) is 0 Å². The lowest BCUT2D eigenvalue weighted by molar-refractivity contribution is -0.137. The van der Waals surface area contributed by atoms with E-state index in [1.807, 2.05) is 6.07 Å². The Balaban J connectivity index is 1.64. The van der Waals surface area contributed by atoms with E-state index in [9.17, 15) is 22.0 Å². The number of piperidine rings is 1. The highest BCUT2D eigenvalue weighted by molar-refractivity contribution is 7.89. The Morgan fingerprint density at radius 2 is 1.74 bits per heavy atom. The van der Waals surface area contributed by atoms with Crippen molar-refractivity contribution < 1.29 is 22.0 Å². The molecular weight excluding hydrogens is 424 g/mol. The average molecular weight is 448 g/mol. The van der Waals surface area contributed by atoms with Crippen molar-refractivity contribution in [2.45, 2.75) is 30.7 Å². The second-order valence-corrected chi connectivity index (χ2v) is 9.55. The van der Waals surface area contributed by atoms with Crippen LogP contribution in [-0.2, 0) is 14.8 Å². The minimum atomic E-state index is -3.70. The van der Waals surface area contributed by atoms with Crippen molar-refractivity contribution in [2.75, 3.05) is 20.1 Å². The first-order valence-electron chi connectivity index (χ1n) is 9.87. The number of halogens is 2. The van der Waals surface area contributed by atoms with Crippen LogP contribution in [0, 0.1) is 28.9 Å². The van der Waals surface area contributed by atoms with Crippen LogP contribution in [-0.4, -0.2) is 43.7 Å². The Morgan fingerprint density at radius 1 is 1.13 bits per heavy atom. The fourth-order valence-corrected chi connectivity index (χ4v) is 5.14. The Bertz CT molecular complexity index is 1110. The summed E-state index contributed by atoms with van der Waals surface area (Å²) in [5.41, 5.74) is 0.858. The number of benzene rings is 2. The molecule has 0 aromatic heterocycles. The Hall–Kier alpha value is -2.83. The van der Waals surface area contributed by atoms with E-state index in [2.05, 4.69) is 0 Å². The van der Waals surface area contributed by atoms with E-state index in [4.69, 9.17) is 5.26 Å². The van der Waals surface area contributed by atoms with Crippen molar-refractivity contribution in [1.82, 2.24) is 9.21 Å². The molecule has 9 heteroatoms. The largest absolute Gasteiger partial charge is 0.339 e. The van der Waals surface area contributed by atoms with Crippen molar-refractivity contribution >= 4 is 15.9 Å². The highest BCUT2D eigenvalue weighted by Gasteiger charge is 2.34. The van der Waals surface area contributed by atoms with E-state index >= 15 is 0 Å². The van der Waals surface area contributed by atoms with Crippen molar-refractivity contribution in [1.29, 1.82) is 5.26 Å². The molecule has 1 aliphatic rings. The quantitative estimate of drug-likeness (QED) is 0.703. The summed E-state index contributed by atoms with van der Waals surface area (Å²) < 4.78 is 53.7. The predicted octanol–water partition coefficient (Wildman–Crippen LogP) is 3.46. The van der Waals surface area contributed by atoms with Gasteiger partial charge in [0.05, 0.1) is 22.6 Å². The second kappa shape index (κ2) is 9.12. The third-order valence-electron chi connectivity index (χ3n) is 5.78. The first-order chi connectivity index (χ1) is 14.6. The van der Waals surface area contributed by atoms with Crippen LogP contribution in [0.1, 0.15) is 36.9 Å². The fourth-order valence-electron chi connectivity index (χ4n) is 3.67. The molecule has 0 N–H and O–H groups in total. The summed E-state index contributed by atoms with van der Waals surface area (Å²) in [6.07, 6.45) is 0.729. The molecule has 1 heterocycles. The SMILES string of the molecule is CC(c1ccc(F)c(F)c1)N(C)C(=O)C1CCN(S(=O)(=O)c2ccc(C#N)cc2)CC1. The van der Waals surface area contributed by atoms with Crippen molar-refractivity contribution in [3.8, 4) is 6.07 Å². The van der Waals surface area contributed by atoms with Gasteiger partial charge in [-0.1, -0.05) is 6.07 Å². The molecule has 0 radical (unpaired) electrons. The predicted molar refractivity (Wildman–Crippen MR) is 110 cm³/mol. The van der Waals surface area contributed by atoms with Gasteiger partial charge in [0.1, 0.15) is 0 Å². The van der Waals surface area contributed by atoms with E-state index in [0.717, 1.165) is 12.1 Å². The van der Waals surface area contributed by atoms with Gasteiger partial charge in [0.15, 0.2) is 11.6 Å². The number of rotatable bonds is 5. The van der Waals surface area contributed by atoms with Crippen molar-refractivity contribution in [3.05, 3.63) is 65.2 Å². The van der Waals surface area contributed by atoms with Crippen LogP contribution in [0.5, 0.6) is 0 Å². The number of amides is 1. The lowest BCUT2D eigenvalue weighted by Gasteiger charge is -2.34. The van der Waals surface area contributed by atoms with Crippen molar-refractivity contribution in [2.24, 2.45) is 5.92 Å². The first kappa shape index (κ1) is 22.8. The van der Waals surface area contributed by atoms with E-state index in [1.54, 1.807) is 14.0 Å². The van der Waals surface area contributed by atoms with Gasteiger partial charge in [0.25, 0.3) is 0 Å². The zero-order valence-corrected chi connectivity index (χ0v) is 18.1. The van der Waals surface area contributed by atoms with Crippen LogP contribution in [0.4, 0.5) is 8.78 Å². The molecule has 1 unspecified atom stereocenters. The van der Waals surface area contributed by atoms with Crippen LogP contribution in [0.2, 0.25) is 0 Å². The molecule has 0 bridgehead atoms. The van der Waals surface area contributed by atoms with Gasteiger partial charge in [-0.2, -0.15) is 9.57 Å². The molecule has 0 spiro atoms. The lowest BCUT2D eigenvalue weighted by Crippen LogP contribution is -2.44. The minimum Gasteiger partial charge on any atom is -0.339 e. The van der Waals surface area contributed by atoms with Gasteiger partial charge in [0, 0.05) is 26.1 Å². The Kier molecular flexibility index (Phi) is 6.72. The summed E-state index contributed by atoms with van der Waals surface area (Å²) in [5, 5.41) is 8.86. The summed E-state index contributed by atoms with van der Waals surface area (Å²) in [7, 11) is -2.10. The van der Waals surface area contributed by atoms with Crippen LogP contribution >= 0.6 is 0 Å². The molecule has 1 aliphatic heterocycles. The molecule has 31 heavy (non-hydrogen) atoms. The number of carbonyl (C=O) groups is 1. The summed E-state index contributed by atoms with van der Waals surface area (Å²) in [6, 6.07) is 10.8. The van der Waals surface area contributed by atoms with Crippen LogP contribution in [0.3, 0.4) is 0 Å². The summed E-state index contributed by atoms with van der Waals surface area (Å²) in [5.74, 6) is -2.43. The molecule has 6 nitrogen and oxygen atoms in total. The molecule has 1 saturated heterocycles. The molecule has 1 fully saturated rings. The maximum Gasteiger partial charge on any atom is 0.243 e. The van der Waals surface area contributed by atoms with Gasteiger partial charge < -0.3 is 4.90 Å². The normalized spacial score (nSPS) is 16.5. The zero-order valence-electron chi connectivity index (χ0n) is 17.3. The molecular formula is C22H23F2N3O3S. The maximum atomic E-state index is 13.5. The fraction of sp³-hybridized carbons (Fsp3) is 0.364. The van der Waals surface area contributed by atoms with E-state index in [-0.39, 0.29) is 29.8 Å². The zero-order chi connectivity index (χ0) is 22.8. The average Bonchev–Trinajstić information content (AvgIpc) is 2.79. The third-order valence-corrected chi connectivity index (χ3v) is 7.69. The van der Waals surface area contributed by atoms with Gasteiger partial charge >= 0.3 is 0 Å². The minimum absolute atomic E-state index is 0.111. The molecule has 0 saturated carbocycles. The van der Waals surface area contributed by atoms with Gasteiger partial charge in [-0.05, 0) is 61.7 Å². The summed E-state index contributed by atoms with van der Waals surface area (Å²) in [4.78, 5) is 14.5. The Labute approximate surface area is 180 Å². The highest BCUT2D eigenvalue weighted by Crippen LogP contribution is 2.28. The number of carbonyl (C=O) groups excluding carboxylic acids is 1. The smallest absolute Gasteiger partial charge is 0.243 e. The monoisotopic (exact) mass is 447 g/mol. The molecule has 1 atom stereocenters. The van der Waals surface area contributed by atoms with Crippen LogP contribution in [0.25, 0.3) is 0 Å². The highest BCUT2D eigenvalue weighted by atomic mass is 32.2. The van der Waals surface area contributed by atoms with Gasteiger partial charge in [-0.3, -0.25) is 4.79 Å². The third kappa shape index (κ3) is 4.75. The maximum absolute atomic E-state index is 13.5. The number of hydrogen-bond acceptors (Lipinski definition) is 4. The standard InChI is InChI=1S/C22H23F2N3O3S/c1-15(18-5-8-20(23)21(24)13-18)26(2)22(28)17-9-11-27(12-10-17)31(29,30)19-6-3-16(14-25)4-7-19/h3-8,13,15,17H,9-12H2,1-2H3. The summed E-state index contributed by atoms with van der Waals surface area (Å²) in [6.45, 7) is 2.13. The molecule has 1 amide bonds. The molecule has 2 aromatic rings. The van der Waals surface area contributed by atoms with E-state index in [0.29, 0.717) is 24.0 Å². The number of hydrogen-bond donors (Lipinski definition) is 0. The summed E-state index contributed by atoms with van der Waals surface area (Å²) >= 11 is 0. The van der Waals surface area contributed by atoms with Gasteiger partial charge in [-0.15, -0.1) is 0 Å². The lowest BCUT2D eigenvalue weighted by atomic mass is 9.95.